The Balaban J connectivity index is 2.61. The van der Waals surface area contributed by atoms with Crippen molar-refractivity contribution in [3.63, 3.8) is 0 Å². The van der Waals surface area contributed by atoms with E-state index in [0.29, 0.717) is 5.89 Å². The van der Waals surface area contributed by atoms with Crippen LogP contribution in [0.5, 0.6) is 0 Å². The summed E-state index contributed by atoms with van der Waals surface area (Å²) in [4.78, 5) is 4.37. The number of aromatic nitrogens is 1. The van der Waals surface area contributed by atoms with Gasteiger partial charge in [0.05, 0.1) is 5.39 Å². The van der Waals surface area contributed by atoms with Crippen molar-refractivity contribution in [1.82, 2.24) is 4.98 Å². The fraction of sp³-hybridized carbons (Fsp3) is 0.250. The van der Waals surface area contributed by atoms with Gasteiger partial charge in [-0.05, 0) is 31.5 Å². The van der Waals surface area contributed by atoms with E-state index in [1.165, 1.54) is 0 Å². The number of nitrogens with zero attached hydrogens (tertiary/aromatic N) is 1. The van der Waals surface area contributed by atoms with E-state index in [9.17, 15) is 0 Å². The monoisotopic (exact) mass is 201 g/mol. The Kier molecular flexibility index (Phi) is 1.49. The summed E-state index contributed by atoms with van der Waals surface area (Å²) in [6, 6.07) is 3.98. The van der Waals surface area contributed by atoms with Crippen LogP contribution in [0, 0.1) is 20.8 Å². The predicted molar refractivity (Wildman–Crippen MR) is 58.0 cm³/mol. The summed E-state index contributed by atoms with van der Waals surface area (Å²) in [6.45, 7) is 5.81. The Labute approximate surface area is 86.7 Å². The average molecular weight is 201 g/mol. The zero-order valence-corrected chi connectivity index (χ0v) is 8.92. The molecule has 0 fully saturated rings. The number of hydrogen-bond donors (Lipinski definition) is 0. The van der Waals surface area contributed by atoms with Crippen molar-refractivity contribution in [1.29, 1.82) is 0 Å². The minimum Gasteiger partial charge on any atom is -0.461 e. The molecule has 2 heterocycles. The number of fused-ring (bicyclic) bond motifs is 3. The van der Waals surface area contributed by atoms with Crippen LogP contribution in [0.3, 0.4) is 0 Å². The van der Waals surface area contributed by atoms with Crippen LogP contribution < -0.4 is 0 Å². The molecule has 0 amide bonds. The fourth-order valence-corrected chi connectivity index (χ4v) is 1.98. The molecular formula is C12H11NO2. The second-order valence-corrected chi connectivity index (χ2v) is 3.87. The fourth-order valence-electron chi connectivity index (χ4n) is 1.98. The Hall–Kier alpha value is -1.77. The van der Waals surface area contributed by atoms with E-state index in [2.05, 4.69) is 4.98 Å². The summed E-state index contributed by atoms with van der Waals surface area (Å²) in [5, 5.41) is 1.04. The molecule has 0 aliphatic carbocycles. The molecule has 0 radical (unpaired) electrons. The van der Waals surface area contributed by atoms with Crippen LogP contribution >= 0.6 is 0 Å². The number of aryl methyl sites for hydroxylation is 3. The van der Waals surface area contributed by atoms with Crippen LogP contribution in [0.1, 0.15) is 17.2 Å². The van der Waals surface area contributed by atoms with Gasteiger partial charge in [0.2, 0.25) is 0 Å². The van der Waals surface area contributed by atoms with Crippen LogP contribution in [0.4, 0.5) is 0 Å². The van der Waals surface area contributed by atoms with Crippen LogP contribution in [0.25, 0.3) is 22.1 Å². The number of oxazole rings is 1. The third kappa shape index (κ3) is 1.09. The maximum Gasteiger partial charge on any atom is 0.192 e. The maximum atomic E-state index is 5.63. The molecule has 0 unspecified atom stereocenters. The van der Waals surface area contributed by atoms with Crippen molar-refractivity contribution in [2.75, 3.05) is 0 Å². The Morgan fingerprint density at radius 3 is 2.67 bits per heavy atom. The molecule has 3 heteroatoms. The van der Waals surface area contributed by atoms with Crippen molar-refractivity contribution in [2.45, 2.75) is 20.8 Å². The molecule has 0 aliphatic rings. The molecule has 3 aromatic rings. The lowest BCUT2D eigenvalue weighted by atomic mass is 10.1. The Morgan fingerprint density at radius 2 is 1.87 bits per heavy atom. The largest absolute Gasteiger partial charge is 0.461 e. The molecule has 76 valence electrons. The van der Waals surface area contributed by atoms with Gasteiger partial charge in [0, 0.05) is 6.92 Å². The Bertz CT molecular complexity index is 661. The standard InChI is InChI=1S/C12H11NO2/c1-6-4-10-11(13-8(3)15-10)9-5-7(2)14-12(6)9/h4-5H,1-3H3. The van der Waals surface area contributed by atoms with Crippen molar-refractivity contribution >= 4 is 22.1 Å². The molecule has 0 spiro atoms. The minimum absolute atomic E-state index is 0.691. The summed E-state index contributed by atoms with van der Waals surface area (Å²) >= 11 is 0. The lowest BCUT2D eigenvalue weighted by Gasteiger charge is -1.93. The summed E-state index contributed by atoms with van der Waals surface area (Å²) in [7, 11) is 0. The molecule has 0 atom stereocenters. The summed E-state index contributed by atoms with van der Waals surface area (Å²) < 4.78 is 11.1. The predicted octanol–water partition coefficient (Wildman–Crippen LogP) is 3.50. The smallest absolute Gasteiger partial charge is 0.192 e. The quantitative estimate of drug-likeness (QED) is 0.558. The summed E-state index contributed by atoms with van der Waals surface area (Å²) in [6.07, 6.45) is 0. The van der Waals surface area contributed by atoms with Crippen molar-refractivity contribution in [2.24, 2.45) is 0 Å². The average Bonchev–Trinajstić information content (AvgIpc) is 2.68. The van der Waals surface area contributed by atoms with E-state index in [-0.39, 0.29) is 0 Å². The number of furan rings is 1. The van der Waals surface area contributed by atoms with Crippen LogP contribution in [-0.2, 0) is 0 Å². The third-order valence-electron chi connectivity index (χ3n) is 2.58. The molecule has 0 N–H and O–H groups in total. The SMILES string of the molecule is Cc1cc2c(o1)c(C)cc1oc(C)nc12. The van der Waals surface area contributed by atoms with Gasteiger partial charge in [0.1, 0.15) is 16.9 Å². The van der Waals surface area contributed by atoms with Crippen molar-refractivity contribution in [3.8, 4) is 0 Å². The first-order chi connectivity index (χ1) is 7.15. The van der Waals surface area contributed by atoms with Crippen molar-refractivity contribution in [3.05, 3.63) is 29.3 Å². The van der Waals surface area contributed by atoms with Crippen LogP contribution in [-0.4, -0.2) is 4.98 Å². The third-order valence-corrected chi connectivity index (χ3v) is 2.58. The highest BCUT2D eigenvalue weighted by atomic mass is 16.4. The van der Waals surface area contributed by atoms with E-state index < -0.39 is 0 Å². The van der Waals surface area contributed by atoms with E-state index in [1.54, 1.807) is 0 Å². The van der Waals surface area contributed by atoms with Crippen LogP contribution in [0.2, 0.25) is 0 Å². The van der Waals surface area contributed by atoms with Crippen LogP contribution in [0.15, 0.2) is 21.0 Å². The van der Waals surface area contributed by atoms with Gasteiger partial charge in [-0.1, -0.05) is 0 Å². The van der Waals surface area contributed by atoms with Gasteiger partial charge in [-0.2, -0.15) is 0 Å². The van der Waals surface area contributed by atoms with E-state index in [1.807, 2.05) is 32.9 Å². The summed E-state index contributed by atoms with van der Waals surface area (Å²) in [5.41, 5.74) is 3.72. The molecule has 0 aliphatic heterocycles. The molecule has 0 bridgehead atoms. The highest BCUT2D eigenvalue weighted by molar-refractivity contribution is 6.03. The first-order valence-electron chi connectivity index (χ1n) is 4.92. The molecule has 3 nitrogen and oxygen atoms in total. The van der Waals surface area contributed by atoms with E-state index in [4.69, 9.17) is 8.83 Å². The van der Waals surface area contributed by atoms with Gasteiger partial charge in [0.25, 0.3) is 0 Å². The van der Waals surface area contributed by atoms with Gasteiger partial charge in [-0.3, -0.25) is 0 Å². The highest BCUT2D eigenvalue weighted by Gasteiger charge is 2.12. The zero-order valence-electron chi connectivity index (χ0n) is 8.92. The van der Waals surface area contributed by atoms with Crippen molar-refractivity contribution < 1.29 is 8.83 Å². The maximum absolute atomic E-state index is 5.63. The second kappa shape index (κ2) is 2.63. The zero-order chi connectivity index (χ0) is 10.6. The second-order valence-electron chi connectivity index (χ2n) is 3.87. The molecule has 0 saturated heterocycles. The van der Waals surface area contributed by atoms with Gasteiger partial charge < -0.3 is 8.83 Å². The number of hydrogen-bond acceptors (Lipinski definition) is 3. The highest BCUT2D eigenvalue weighted by Crippen LogP contribution is 2.30. The lowest BCUT2D eigenvalue weighted by Crippen LogP contribution is -1.75. The molecule has 0 saturated carbocycles. The molecule has 3 rings (SSSR count). The Morgan fingerprint density at radius 1 is 1.07 bits per heavy atom. The number of rotatable bonds is 0. The first kappa shape index (κ1) is 8.53. The molecule has 1 aromatic carbocycles. The van der Waals surface area contributed by atoms with Gasteiger partial charge in [-0.15, -0.1) is 0 Å². The van der Waals surface area contributed by atoms with Gasteiger partial charge >= 0.3 is 0 Å². The van der Waals surface area contributed by atoms with Gasteiger partial charge in [-0.25, -0.2) is 4.98 Å². The molecule has 2 aromatic heterocycles. The first-order valence-corrected chi connectivity index (χ1v) is 4.92. The molecular weight excluding hydrogens is 190 g/mol. The summed E-state index contributed by atoms with van der Waals surface area (Å²) in [5.74, 6) is 1.59. The number of benzene rings is 1. The van der Waals surface area contributed by atoms with E-state index >= 15 is 0 Å². The van der Waals surface area contributed by atoms with Gasteiger partial charge in [0.15, 0.2) is 11.5 Å². The topological polar surface area (TPSA) is 39.2 Å². The normalized spacial score (nSPS) is 11.7. The molecule has 15 heavy (non-hydrogen) atoms. The lowest BCUT2D eigenvalue weighted by molar-refractivity contribution is 0.559. The minimum atomic E-state index is 0.691. The van der Waals surface area contributed by atoms with E-state index in [0.717, 1.165) is 33.4 Å².